The van der Waals surface area contributed by atoms with E-state index in [1.165, 1.54) is 109 Å². The zero-order valence-corrected chi connectivity index (χ0v) is 27.4. The van der Waals surface area contributed by atoms with Gasteiger partial charge in [0.2, 0.25) is 5.91 Å². The second kappa shape index (κ2) is 27.8. The summed E-state index contributed by atoms with van der Waals surface area (Å²) in [6.07, 6.45) is 28.4. The molecule has 0 heterocycles. The number of carbonyl (C=O) groups is 1. The smallest absolute Gasteiger partial charge is 0.267 e. The number of allylic oxidation sites excluding steroid dienone is 1. The third-order valence-corrected chi connectivity index (χ3v) is 8.60. The summed E-state index contributed by atoms with van der Waals surface area (Å²) in [6.45, 7) is 4.46. The van der Waals surface area contributed by atoms with Gasteiger partial charge in [-0.15, -0.1) is 0 Å². The molecule has 0 aliphatic carbocycles. The minimum absolute atomic E-state index is 0.284. The standard InChI is InChI=1S/C33H65NO6S/c1-3-5-7-9-11-13-15-16-18-19-21-23-25-27-31(35)30(29-41(38,39)40)34-33(37)32(36)28-26-24-22-20-17-14-12-10-8-6-4-2/h25,27,30-32,35-36H,3-24,26,28-29H2,1-2H3,(H,34,37)(H,38,39,40)/b27-25+. The van der Waals surface area contributed by atoms with E-state index >= 15 is 0 Å². The first-order valence-electron chi connectivity index (χ1n) is 17.0. The van der Waals surface area contributed by atoms with Crippen LogP contribution in [0.15, 0.2) is 12.2 Å². The number of aliphatic hydroxyl groups is 2. The van der Waals surface area contributed by atoms with Crippen molar-refractivity contribution in [2.24, 2.45) is 0 Å². The molecule has 0 bridgehead atoms. The van der Waals surface area contributed by atoms with Gasteiger partial charge in [0.05, 0.1) is 17.9 Å². The molecule has 3 unspecified atom stereocenters. The van der Waals surface area contributed by atoms with Crippen LogP contribution in [0.2, 0.25) is 0 Å². The highest BCUT2D eigenvalue weighted by molar-refractivity contribution is 7.85. The summed E-state index contributed by atoms with van der Waals surface area (Å²) in [5.41, 5.74) is 0. The lowest BCUT2D eigenvalue weighted by Gasteiger charge is -2.22. The molecule has 0 aromatic carbocycles. The summed E-state index contributed by atoms with van der Waals surface area (Å²) in [5.74, 6) is -1.53. The van der Waals surface area contributed by atoms with E-state index in [0.29, 0.717) is 6.42 Å². The van der Waals surface area contributed by atoms with Crippen LogP contribution in [0.5, 0.6) is 0 Å². The van der Waals surface area contributed by atoms with Gasteiger partial charge < -0.3 is 15.5 Å². The Hall–Kier alpha value is -0.960. The molecular weight excluding hydrogens is 538 g/mol. The van der Waals surface area contributed by atoms with Crippen LogP contribution in [0.3, 0.4) is 0 Å². The van der Waals surface area contributed by atoms with Crippen LogP contribution in [0.1, 0.15) is 168 Å². The van der Waals surface area contributed by atoms with E-state index in [9.17, 15) is 28.0 Å². The maximum atomic E-state index is 12.5. The highest BCUT2D eigenvalue weighted by atomic mass is 32.2. The largest absolute Gasteiger partial charge is 0.387 e. The lowest BCUT2D eigenvalue weighted by molar-refractivity contribution is -0.130. The van der Waals surface area contributed by atoms with Crippen molar-refractivity contribution in [3.05, 3.63) is 12.2 Å². The molecule has 0 saturated carbocycles. The lowest BCUT2D eigenvalue weighted by atomic mass is 10.0. The van der Waals surface area contributed by atoms with Crippen LogP contribution in [-0.2, 0) is 14.9 Å². The van der Waals surface area contributed by atoms with E-state index < -0.39 is 40.0 Å². The molecule has 0 fully saturated rings. The number of unbranched alkanes of at least 4 members (excludes halogenated alkanes) is 21. The predicted molar refractivity (Wildman–Crippen MR) is 172 cm³/mol. The first kappa shape index (κ1) is 40.0. The summed E-state index contributed by atoms with van der Waals surface area (Å²) >= 11 is 0. The molecule has 7 nitrogen and oxygen atoms in total. The summed E-state index contributed by atoms with van der Waals surface area (Å²) in [7, 11) is -4.43. The highest BCUT2D eigenvalue weighted by Gasteiger charge is 2.27. The number of aliphatic hydroxyl groups excluding tert-OH is 2. The van der Waals surface area contributed by atoms with Crippen molar-refractivity contribution in [2.45, 2.75) is 186 Å². The average Bonchev–Trinajstić information content (AvgIpc) is 2.92. The van der Waals surface area contributed by atoms with Crippen LogP contribution in [0, 0.1) is 0 Å². The van der Waals surface area contributed by atoms with Crippen molar-refractivity contribution in [2.75, 3.05) is 5.75 Å². The van der Waals surface area contributed by atoms with Crippen molar-refractivity contribution < 1.29 is 28.0 Å². The lowest BCUT2D eigenvalue weighted by Crippen LogP contribution is -2.50. The summed E-state index contributed by atoms with van der Waals surface area (Å²) in [6, 6.07) is -1.22. The molecule has 3 atom stereocenters. The molecule has 41 heavy (non-hydrogen) atoms. The first-order chi connectivity index (χ1) is 19.7. The van der Waals surface area contributed by atoms with Gasteiger partial charge in [-0.1, -0.05) is 161 Å². The Morgan fingerprint density at radius 1 is 0.659 bits per heavy atom. The van der Waals surface area contributed by atoms with Crippen LogP contribution in [0.4, 0.5) is 0 Å². The van der Waals surface area contributed by atoms with Gasteiger partial charge in [0, 0.05) is 0 Å². The fourth-order valence-corrected chi connectivity index (χ4v) is 5.89. The maximum Gasteiger partial charge on any atom is 0.267 e. The van der Waals surface area contributed by atoms with Crippen molar-refractivity contribution in [3.8, 4) is 0 Å². The van der Waals surface area contributed by atoms with Gasteiger partial charge >= 0.3 is 0 Å². The number of carbonyl (C=O) groups excluding carboxylic acids is 1. The van der Waals surface area contributed by atoms with Crippen LogP contribution in [-0.4, -0.2) is 53.1 Å². The molecule has 8 heteroatoms. The first-order valence-corrected chi connectivity index (χ1v) is 18.6. The maximum absolute atomic E-state index is 12.5. The summed E-state index contributed by atoms with van der Waals surface area (Å²) in [4.78, 5) is 12.5. The molecule has 0 aromatic rings. The molecule has 1 amide bonds. The summed E-state index contributed by atoms with van der Waals surface area (Å²) in [5, 5.41) is 23.2. The van der Waals surface area contributed by atoms with E-state index in [-0.39, 0.29) is 6.42 Å². The quantitative estimate of drug-likeness (QED) is 0.0374. The minimum Gasteiger partial charge on any atom is -0.387 e. The van der Waals surface area contributed by atoms with Crippen molar-refractivity contribution in [1.29, 1.82) is 0 Å². The third kappa shape index (κ3) is 27.6. The Balaban J connectivity index is 4.18. The number of hydrogen-bond acceptors (Lipinski definition) is 5. The zero-order chi connectivity index (χ0) is 30.6. The molecule has 0 rings (SSSR count). The van der Waals surface area contributed by atoms with E-state index in [0.717, 1.165) is 38.5 Å². The van der Waals surface area contributed by atoms with Crippen LogP contribution >= 0.6 is 0 Å². The van der Waals surface area contributed by atoms with E-state index in [1.54, 1.807) is 6.08 Å². The molecule has 4 N–H and O–H groups in total. The van der Waals surface area contributed by atoms with Gasteiger partial charge in [-0.3, -0.25) is 9.35 Å². The molecule has 0 aromatic heterocycles. The van der Waals surface area contributed by atoms with E-state index in [2.05, 4.69) is 19.2 Å². The highest BCUT2D eigenvalue weighted by Crippen LogP contribution is 2.14. The molecule has 0 aliphatic rings. The Morgan fingerprint density at radius 3 is 1.46 bits per heavy atom. The van der Waals surface area contributed by atoms with Gasteiger partial charge in [0.15, 0.2) is 0 Å². The molecule has 0 aliphatic heterocycles. The number of rotatable bonds is 30. The predicted octanol–water partition coefficient (Wildman–Crippen LogP) is 8.04. The second-order valence-electron chi connectivity index (χ2n) is 11.9. The topological polar surface area (TPSA) is 124 Å². The Kier molecular flexibility index (Phi) is 27.2. The van der Waals surface area contributed by atoms with Crippen LogP contribution in [0.25, 0.3) is 0 Å². The molecular formula is C33H65NO6S. The minimum atomic E-state index is -4.43. The normalized spacial score (nSPS) is 14.4. The van der Waals surface area contributed by atoms with Gasteiger partial charge in [0.1, 0.15) is 6.10 Å². The second-order valence-corrected chi connectivity index (χ2v) is 13.4. The van der Waals surface area contributed by atoms with Gasteiger partial charge in [-0.25, -0.2) is 0 Å². The Bertz CT molecular complexity index is 727. The summed E-state index contributed by atoms with van der Waals surface area (Å²) < 4.78 is 32.3. The fourth-order valence-electron chi connectivity index (χ4n) is 5.16. The van der Waals surface area contributed by atoms with Gasteiger partial charge in [-0.2, -0.15) is 8.42 Å². The molecule has 244 valence electrons. The molecule has 0 saturated heterocycles. The number of amides is 1. The Morgan fingerprint density at radius 2 is 1.05 bits per heavy atom. The SMILES string of the molecule is CCCCCCCCCCCCC/C=C/C(O)C(CS(=O)(=O)O)NC(=O)C(O)CCCCCCCCCCCCC. The molecule has 0 radical (unpaired) electrons. The number of hydrogen-bond donors (Lipinski definition) is 4. The van der Waals surface area contributed by atoms with E-state index in [1.807, 2.05) is 0 Å². The average molecular weight is 604 g/mol. The third-order valence-electron chi connectivity index (χ3n) is 7.82. The Labute approximate surface area is 253 Å². The monoisotopic (exact) mass is 603 g/mol. The zero-order valence-electron chi connectivity index (χ0n) is 26.5. The number of nitrogens with one attached hydrogen (secondary N) is 1. The van der Waals surface area contributed by atoms with Gasteiger partial charge in [0.25, 0.3) is 10.1 Å². The fraction of sp³-hybridized carbons (Fsp3) is 0.909. The van der Waals surface area contributed by atoms with E-state index in [4.69, 9.17) is 0 Å². The van der Waals surface area contributed by atoms with Gasteiger partial charge in [-0.05, 0) is 19.3 Å². The van der Waals surface area contributed by atoms with Crippen molar-refractivity contribution >= 4 is 16.0 Å². The van der Waals surface area contributed by atoms with Crippen molar-refractivity contribution in [3.63, 3.8) is 0 Å². The molecule has 0 spiro atoms. The van der Waals surface area contributed by atoms with Crippen LogP contribution < -0.4 is 5.32 Å². The van der Waals surface area contributed by atoms with Crippen molar-refractivity contribution in [1.82, 2.24) is 5.32 Å².